The highest BCUT2D eigenvalue weighted by Gasteiger charge is 2.17. The average molecular weight is 288 g/mol. The molecule has 0 aromatic carbocycles. The molecule has 0 unspecified atom stereocenters. The number of aromatic nitrogens is 1. The number of methoxy groups -OCH3 is 1. The van der Waals surface area contributed by atoms with Gasteiger partial charge in [-0.2, -0.15) is 0 Å². The third-order valence-electron chi connectivity index (χ3n) is 2.50. The maximum absolute atomic E-state index is 11.6. The van der Waals surface area contributed by atoms with Gasteiger partial charge in [0, 0.05) is 12.4 Å². The lowest BCUT2D eigenvalue weighted by Gasteiger charge is -2.03. The Kier molecular flexibility index (Phi) is 4.27. The Morgan fingerprint density at radius 1 is 1.40 bits per heavy atom. The van der Waals surface area contributed by atoms with E-state index in [1.165, 1.54) is 24.5 Å². The molecule has 2 aromatic rings. The summed E-state index contributed by atoms with van der Waals surface area (Å²) in [4.78, 5) is 28.2. The fraction of sp³-hybridized carbons (Fsp3) is 0.0714. The summed E-state index contributed by atoms with van der Waals surface area (Å²) in [5, 5.41) is 2.68. The molecule has 0 bridgehead atoms. The standard InChI is InChI=1S/C14H12N2O3S/c1-3-12(17)16-10-8-11(14(18)19-2)20-13(10)9-4-6-15-7-5-9/h3-8H,1H2,2H3,(H,16,17). The van der Waals surface area contributed by atoms with Gasteiger partial charge in [0.15, 0.2) is 0 Å². The number of carbonyl (C=O) groups excluding carboxylic acids is 2. The predicted molar refractivity (Wildman–Crippen MR) is 77.7 cm³/mol. The van der Waals surface area contributed by atoms with Gasteiger partial charge in [-0.05, 0) is 29.8 Å². The van der Waals surface area contributed by atoms with E-state index in [2.05, 4.69) is 16.9 Å². The minimum absolute atomic E-state index is 0.338. The Bertz CT molecular complexity index is 650. The highest BCUT2D eigenvalue weighted by Crippen LogP contribution is 2.36. The van der Waals surface area contributed by atoms with Gasteiger partial charge in [0.2, 0.25) is 5.91 Å². The molecule has 1 N–H and O–H groups in total. The number of carbonyl (C=O) groups is 2. The van der Waals surface area contributed by atoms with Crippen molar-refractivity contribution in [1.29, 1.82) is 0 Å². The molecule has 102 valence electrons. The van der Waals surface area contributed by atoms with Crippen LogP contribution < -0.4 is 5.32 Å². The third-order valence-corrected chi connectivity index (χ3v) is 3.67. The van der Waals surface area contributed by atoms with Gasteiger partial charge < -0.3 is 10.1 Å². The van der Waals surface area contributed by atoms with Crippen molar-refractivity contribution in [3.05, 3.63) is 48.1 Å². The highest BCUT2D eigenvalue weighted by molar-refractivity contribution is 7.18. The maximum atomic E-state index is 11.6. The smallest absolute Gasteiger partial charge is 0.348 e. The number of rotatable bonds is 4. The molecule has 2 aromatic heterocycles. The molecule has 2 rings (SSSR count). The van der Waals surface area contributed by atoms with Gasteiger partial charge in [-0.3, -0.25) is 9.78 Å². The zero-order chi connectivity index (χ0) is 14.5. The summed E-state index contributed by atoms with van der Waals surface area (Å²) in [7, 11) is 1.32. The number of pyridine rings is 1. The second kappa shape index (κ2) is 6.12. The largest absolute Gasteiger partial charge is 0.465 e. The molecule has 20 heavy (non-hydrogen) atoms. The lowest BCUT2D eigenvalue weighted by molar-refractivity contribution is -0.111. The maximum Gasteiger partial charge on any atom is 0.348 e. The van der Waals surface area contributed by atoms with E-state index in [9.17, 15) is 9.59 Å². The SMILES string of the molecule is C=CC(=O)Nc1cc(C(=O)OC)sc1-c1ccncc1. The third kappa shape index (κ3) is 2.92. The molecule has 0 atom stereocenters. The minimum Gasteiger partial charge on any atom is -0.465 e. The first kappa shape index (κ1) is 14.0. The van der Waals surface area contributed by atoms with E-state index in [0.29, 0.717) is 10.6 Å². The lowest BCUT2D eigenvalue weighted by atomic mass is 10.2. The summed E-state index contributed by atoms with van der Waals surface area (Å²) < 4.78 is 4.70. The number of amides is 1. The molecule has 6 heteroatoms. The van der Waals surface area contributed by atoms with Gasteiger partial charge in [-0.1, -0.05) is 6.58 Å². The zero-order valence-corrected chi connectivity index (χ0v) is 11.6. The number of thiophene rings is 1. The van der Waals surface area contributed by atoms with Gasteiger partial charge in [0.05, 0.1) is 17.7 Å². The van der Waals surface area contributed by atoms with Crippen LogP contribution in [-0.2, 0) is 9.53 Å². The van der Waals surface area contributed by atoms with Crippen LogP contribution in [0.5, 0.6) is 0 Å². The molecule has 0 aliphatic heterocycles. The van der Waals surface area contributed by atoms with Crippen molar-refractivity contribution in [2.24, 2.45) is 0 Å². The number of hydrogen-bond donors (Lipinski definition) is 1. The Balaban J connectivity index is 2.47. The number of nitrogens with one attached hydrogen (secondary N) is 1. The molecule has 0 aliphatic carbocycles. The van der Waals surface area contributed by atoms with Gasteiger partial charge in [-0.15, -0.1) is 11.3 Å². The number of ether oxygens (including phenoxy) is 1. The summed E-state index contributed by atoms with van der Waals surface area (Å²) in [5.74, 6) is -0.779. The van der Waals surface area contributed by atoms with Crippen molar-refractivity contribution in [3.63, 3.8) is 0 Å². The van der Waals surface area contributed by atoms with Crippen LogP contribution in [0.2, 0.25) is 0 Å². The number of nitrogens with zero attached hydrogens (tertiary/aromatic N) is 1. The fourth-order valence-electron chi connectivity index (χ4n) is 1.59. The molecule has 0 radical (unpaired) electrons. The molecule has 5 nitrogen and oxygen atoms in total. The van der Waals surface area contributed by atoms with Crippen molar-refractivity contribution < 1.29 is 14.3 Å². The molecule has 0 saturated heterocycles. The number of anilines is 1. The average Bonchev–Trinajstić information content (AvgIpc) is 2.91. The summed E-state index contributed by atoms with van der Waals surface area (Å²) in [6, 6.07) is 5.20. The monoisotopic (exact) mass is 288 g/mol. The van der Waals surface area contributed by atoms with E-state index < -0.39 is 5.97 Å². The summed E-state index contributed by atoms with van der Waals surface area (Å²) in [6.45, 7) is 3.41. The number of esters is 1. The fourth-order valence-corrected chi connectivity index (χ4v) is 2.62. The Morgan fingerprint density at radius 3 is 2.70 bits per heavy atom. The van der Waals surface area contributed by atoms with Crippen LogP contribution in [0.1, 0.15) is 9.67 Å². The van der Waals surface area contributed by atoms with Crippen molar-refractivity contribution >= 4 is 28.9 Å². The Hall–Kier alpha value is -2.47. The Labute approximate surface area is 119 Å². The second-order valence-electron chi connectivity index (χ2n) is 3.77. The topological polar surface area (TPSA) is 68.3 Å². The van der Waals surface area contributed by atoms with E-state index in [1.54, 1.807) is 30.6 Å². The molecule has 0 aliphatic rings. The van der Waals surface area contributed by atoms with E-state index in [4.69, 9.17) is 4.74 Å². The van der Waals surface area contributed by atoms with Crippen molar-refractivity contribution in [3.8, 4) is 10.4 Å². The van der Waals surface area contributed by atoms with Crippen molar-refractivity contribution in [1.82, 2.24) is 4.98 Å². The van der Waals surface area contributed by atoms with Gasteiger partial charge in [-0.25, -0.2) is 4.79 Å². The van der Waals surface area contributed by atoms with E-state index in [-0.39, 0.29) is 5.91 Å². The summed E-state index contributed by atoms with van der Waals surface area (Å²) in [6.07, 6.45) is 4.46. The van der Waals surface area contributed by atoms with E-state index in [0.717, 1.165) is 10.4 Å². The van der Waals surface area contributed by atoms with Crippen LogP contribution >= 0.6 is 11.3 Å². The lowest BCUT2D eigenvalue weighted by Crippen LogP contribution is -2.07. The molecular weight excluding hydrogens is 276 g/mol. The summed E-state index contributed by atoms with van der Waals surface area (Å²) >= 11 is 1.25. The predicted octanol–water partition coefficient (Wildman–Crippen LogP) is 2.72. The van der Waals surface area contributed by atoms with Gasteiger partial charge >= 0.3 is 5.97 Å². The molecule has 2 heterocycles. The van der Waals surface area contributed by atoms with Crippen LogP contribution in [-0.4, -0.2) is 24.0 Å². The molecule has 0 saturated carbocycles. The first-order valence-electron chi connectivity index (χ1n) is 5.71. The second-order valence-corrected chi connectivity index (χ2v) is 4.83. The highest BCUT2D eigenvalue weighted by atomic mass is 32.1. The van der Waals surface area contributed by atoms with E-state index >= 15 is 0 Å². The van der Waals surface area contributed by atoms with E-state index in [1.807, 2.05) is 0 Å². The molecular formula is C14H12N2O3S. The minimum atomic E-state index is -0.440. The molecule has 1 amide bonds. The summed E-state index contributed by atoms with van der Waals surface area (Å²) in [5.41, 5.74) is 1.41. The first-order valence-corrected chi connectivity index (χ1v) is 6.53. The normalized spacial score (nSPS) is 9.85. The zero-order valence-electron chi connectivity index (χ0n) is 10.8. The van der Waals surface area contributed by atoms with Crippen molar-refractivity contribution in [2.75, 3.05) is 12.4 Å². The van der Waals surface area contributed by atoms with Gasteiger partial charge in [0.25, 0.3) is 0 Å². The van der Waals surface area contributed by atoms with Crippen LogP contribution in [0.4, 0.5) is 5.69 Å². The molecule has 0 fully saturated rings. The van der Waals surface area contributed by atoms with Crippen LogP contribution in [0.15, 0.2) is 43.2 Å². The van der Waals surface area contributed by atoms with Crippen LogP contribution in [0, 0.1) is 0 Å². The van der Waals surface area contributed by atoms with Crippen LogP contribution in [0.3, 0.4) is 0 Å². The quantitative estimate of drug-likeness (QED) is 0.694. The van der Waals surface area contributed by atoms with Gasteiger partial charge in [0.1, 0.15) is 4.88 Å². The molecule has 0 spiro atoms. The number of hydrogen-bond acceptors (Lipinski definition) is 5. The Morgan fingerprint density at radius 2 is 2.10 bits per heavy atom. The van der Waals surface area contributed by atoms with Crippen molar-refractivity contribution in [2.45, 2.75) is 0 Å². The first-order chi connectivity index (χ1) is 9.65. The van der Waals surface area contributed by atoms with Crippen LogP contribution in [0.25, 0.3) is 10.4 Å².